The van der Waals surface area contributed by atoms with Crippen LogP contribution in [0.5, 0.6) is 0 Å². The number of hydrogen-bond donors (Lipinski definition) is 1. The average molecular weight is 305 g/mol. The Bertz CT molecular complexity index is 587. The van der Waals surface area contributed by atoms with Gasteiger partial charge in [-0.1, -0.05) is 12.1 Å². The van der Waals surface area contributed by atoms with E-state index >= 15 is 0 Å². The highest BCUT2D eigenvalue weighted by molar-refractivity contribution is 5.89. The first-order chi connectivity index (χ1) is 10.2. The van der Waals surface area contributed by atoms with Crippen molar-refractivity contribution in [2.75, 3.05) is 5.32 Å². The monoisotopic (exact) mass is 305 g/mol. The number of esters is 2. The van der Waals surface area contributed by atoms with Crippen molar-refractivity contribution in [3.8, 4) is 0 Å². The minimum Gasteiger partial charge on any atom is -0.444 e. The first-order valence-electron chi connectivity index (χ1n) is 7.06. The largest absolute Gasteiger partial charge is 0.444 e. The van der Waals surface area contributed by atoms with Crippen LogP contribution in [-0.4, -0.2) is 23.6 Å². The van der Waals surface area contributed by atoms with E-state index < -0.39 is 23.6 Å². The van der Waals surface area contributed by atoms with E-state index in [4.69, 9.17) is 4.74 Å². The van der Waals surface area contributed by atoms with Crippen LogP contribution in [0.2, 0.25) is 0 Å². The topological polar surface area (TPSA) is 81.7 Å². The maximum Gasteiger partial charge on any atom is 0.412 e. The summed E-state index contributed by atoms with van der Waals surface area (Å²) in [7, 11) is 0. The lowest BCUT2D eigenvalue weighted by atomic mass is 9.91. The number of carbonyl (C=O) groups is 3. The average Bonchev–Trinajstić information content (AvgIpc) is 2.35. The van der Waals surface area contributed by atoms with Crippen molar-refractivity contribution in [1.29, 1.82) is 0 Å². The van der Waals surface area contributed by atoms with Crippen molar-refractivity contribution in [3.63, 3.8) is 0 Å². The summed E-state index contributed by atoms with van der Waals surface area (Å²) >= 11 is 0. The van der Waals surface area contributed by atoms with Crippen LogP contribution in [0.4, 0.5) is 10.5 Å². The first kappa shape index (κ1) is 16.0. The minimum atomic E-state index is -0.582. The van der Waals surface area contributed by atoms with E-state index in [0.717, 1.165) is 5.56 Å². The van der Waals surface area contributed by atoms with E-state index in [1.807, 2.05) is 6.07 Å². The molecule has 1 aromatic carbocycles. The van der Waals surface area contributed by atoms with E-state index in [1.54, 1.807) is 39.0 Å². The van der Waals surface area contributed by atoms with Gasteiger partial charge in [0.25, 0.3) is 0 Å². The molecule has 118 valence electrons. The maximum atomic E-state index is 11.8. The fourth-order valence-corrected chi connectivity index (χ4v) is 2.21. The molecule has 0 spiro atoms. The van der Waals surface area contributed by atoms with Gasteiger partial charge < -0.3 is 9.47 Å². The lowest BCUT2D eigenvalue weighted by Gasteiger charge is -2.21. The molecule has 0 atom stereocenters. The second kappa shape index (κ2) is 6.17. The quantitative estimate of drug-likeness (QED) is 0.671. The lowest BCUT2D eigenvalue weighted by Crippen LogP contribution is -2.27. The van der Waals surface area contributed by atoms with Gasteiger partial charge in [0.1, 0.15) is 5.60 Å². The number of nitrogens with one attached hydrogen (secondary N) is 1. The van der Waals surface area contributed by atoms with Gasteiger partial charge in [-0.25, -0.2) is 4.79 Å². The Morgan fingerprint density at radius 1 is 1.23 bits per heavy atom. The Hall–Kier alpha value is -2.37. The van der Waals surface area contributed by atoms with E-state index in [1.165, 1.54) is 0 Å². The Morgan fingerprint density at radius 2 is 1.86 bits per heavy atom. The smallest absolute Gasteiger partial charge is 0.412 e. The van der Waals surface area contributed by atoms with Gasteiger partial charge in [-0.3, -0.25) is 14.9 Å². The summed E-state index contributed by atoms with van der Waals surface area (Å²) in [5.41, 5.74) is 0.776. The fourth-order valence-electron chi connectivity index (χ4n) is 2.21. The number of anilines is 1. The molecule has 2 rings (SSSR count). The molecule has 1 aliphatic rings. The summed E-state index contributed by atoms with van der Waals surface area (Å²) in [5.74, 6) is -1.27. The molecule has 1 heterocycles. The molecular weight excluding hydrogens is 286 g/mol. The summed E-state index contributed by atoms with van der Waals surface area (Å²) in [6.07, 6.45) is -0.243. The number of rotatable bonds is 2. The van der Waals surface area contributed by atoms with Gasteiger partial charge in [-0.2, -0.15) is 0 Å². The number of benzene rings is 1. The van der Waals surface area contributed by atoms with E-state index in [2.05, 4.69) is 10.1 Å². The van der Waals surface area contributed by atoms with E-state index in [9.17, 15) is 14.4 Å². The molecule has 1 amide bonds. The third kappa shape index (κ3) is 4.58. The van der Waals surface area contributed by atoms with Crippen molar-refractivity contribution in [3.05, 3.63) is 29.8 Å². The van der Waals surface area contributed by atoms with Crippen molar-refractivity contribution >= 4 is 23.7 Å². The summed E-state index contributed by atoms with van der Waals surface area (Å²) in [6, 6.07) is 7.03. The molecule has 6 nitrogen and oxygen atoms in total. The predicted octanol–water partition coefficient (Wildman–Crippen LogP) is 2.98. The van der Waals surface area contributed by atoms with Crippen LogP contribution in [0, 0.1) is 0 Å². The van der Waals surface area contributed by atoms with Crippen molar-refractivity contribution in [1.82, 2.24) is 0 Å². The molecule has 6 heteroatoms. The molecule has 0 aliphatic carbocycles. The summed E-state index contributed by atoms with van der Waals surface area (Å²) in [5, 5.41) is 2.64. The molecule has 22 heavy (non-hydrogen) atoms. The van der Waals surface area contributed by atoms with Crippen molar-refractivity contribution < 1.29 is 23.9 Å². The number of amides is 1. The van der Waals surface area contributed by atoms with Crippen LogP contribution < -0.4 is 5.32 Å². The number of hydrogen-bond acceptors (Lipinski definition) is 5. The second-order valence-corrected chi connectivity index (χ2v) is 6.20. The first-order valence-corrected chi connectivity index (χ1v) is 7.06. The SMILES string of the molecule is CC(C)(C)OC(=O)Nc1cccc(C2CC(=O)OC(=O)C2)c1. The maximum absolute atomic E-state index is 11.8. The van der Waals surface area contributed by atoms with Gasteiger partial charge in [0.2, 0.25) is 0 Å². The van der Waals surface area contributed by atoms with Crippen molar-refractivity contribution in [2.24, 2.45) is 0 Å². The van der Waals surface area contributed by atoms with Gasteiger partial charge in [0.05, 0.1) is 12.8 Å². The third-order valence-electron chi connectivity index (χ3n) is 3.06. The zero-order valence-electron chi connectivity index (χ0n) is 12.8. The molecule has 1 aromatic rings. The molecule has 0 saturated carbocycles. The zero-order valence-corrected chi connectivity index (χ0v) is 12.8. The van der Waals surface area contributed by atoms with Crippen LogP contribution >= 0.6 is 0 Å². The highest BCUT2D eigenvalue weighted by Gasteiger charge is 2.28. The predicted molar refractivity (Wildman–Crippen MR) is 79.4 cm³/mol. The lowest BCUT2D eigenvalue weighted by molar-refractivity contribution is -0.163. The molecule has 0 radical (unpaired) electrons. The Balaban J connectivity index is 2.08. The number of cyclic esters (lactones) is 2. The van der Waals surface area contributed by atoms with Crippen LogP contribution in [-0.2, 0) is 19.1 Å². The molecule has 1 saturated heterocycles. The van der Waals surface area contributed by atoms with Gasteiger partial charge in [0, 0.05) is 11.6 Å². The number of ether oxygens (including phenoxy) is 2. The summed E-state index contributed by atoms with van der Waals surface area (Å²) in [4.78, 5) is 34.4. The molecule has 1 aliphatic heterocycles. The standard InChI is InChI=1S/C16H19NO5/c1-16(2,3)22-15(20)17-12-6-4-5-10(7-12)11-8-13(18)21-14(19)9-11/h4-7,11H,8-9H2,1-3H3,(H,17,20). The van der Waals surface area contributed by atoms with Gasteiger partial charge in [0.15, 0.2) is 0 Å². The normalized spacial score (nSPS) is 16.1. The van der Waals surface area contributed by atoms with Gasteiger partial charge in [-0.15, -0.1) is 0 Å². The minimum absolute atomic E-state index is 0.154. The van der Waals surface area contributed by atoms with Crippen LogP contribution in [0.1, 0.15) is 45.1 Å². The van der Waals surface area contributed by atoms with Crippen molar-refractivity contribution in [2.45, 2.75) is 45.1 Å². The molecule has 0 bridgehead atoms. The Kier molecular flexibility index (Phi) is 4.49. The van der Waals surface area contributed by atoms with E-state index in [0.29, 0.717) is 5.69 Å². The Labute approximate surface area is 128 Å². The highest BCUT2D eigenvalue weighted by atomic mass is 16.6. The summed E-state index contributed by atoms with van der Waals surface area (Å²) < 4.78 is 9.70. The molecule has 0 aromatic heterocycles. The third-order valence-corrected chi connectivity index (χ3v) is 3.06. The fraction of sp³-hybridized carbons (Fsp3) is 0.438. The Morgan fingerprint density at radius 3 is 2.45 bits per heavy atom. The van der Waals surface area contributed by atoms with E-state index in [-0.39, 0.29) is 18.8 Å². The van der Waals surface area contributed by atoms with Gasteiger partial charge >= 0.3 is 18.0 Å². The van der Waals surface area contributed by atoms with Crippen LogP contribution in [0.3, 0.4) is 0 Å². The van der Waals surface area contributed by atoms with Crippen LogP contribution in [0.25, 0.3) is 0 Å². The molecular formula is C16H19NO5. The number of carbonyl (C=O) groups excluding carboxylic acids is 3. The van der Waals surface area contributed by atoms with Gasteiger partial charge in [-0.05, 0) is 38.5 Å². The zero-order chi connectivity index (χ0) is 16.3. The van der Waals surface area contributed by atoms with Crippen LogP contribution in [0.15, 0.2) is 24.3 Å². The molecule has 1 fully saturated rings. The second-order valence-electron chi connectivity index (χ2n) is 6.20. The molecule has 0 unspecified atom stereocenters. The summed E-state index contributed by atoms with van der Waals surface area (Å²) in [6.45, 7) is 5.34. The molecule has 1 N–H and O–H groups in total. The highest BCUT2D eigenvalue weighted by Crippen LogP contribution is 2.29.